The van der Waals surface area contributed by atoms with Crippen molar-refractivity contribution in [2.45, 2.75) is 20.3 Å². The van der Waals surface area contributed by atoms with E-state index in [9.17, 15) is 18.4 Å². The number of hydrogen-bond donors (Lipinski definition) is 2. The van der Waals surface area contributed by atoms with Gasteiger partial charge in [0.2, 0.25) is 5.91 Å². The number of halogens is 2. The van der Waals surface area contributed by atoms with Gasteiger partial charge in [-0.2, -0.15) is 0 Å². The number of anilines is 1. The van der Waals surface area contributed by atoms with Crippen molar-refractivity contribution in [3.05, 3.63) is 29.3 Å². The second-order valence-electron chi connectivity index (χ2n) is 4.34. The van der Waals surface area contributed by atoms with Gasteiger partial charge in [0.15, 0.2) is 11.6 Å². The number of carboxylic acid groups (broad SMARTS) is 1. The van der Waals surface area contributed by atoms with Gasteiger partial charge in [-0.15, -0.1) is 0 Å². The maximum Gasteiger partial charge on any atom is 0.338 e. The van der Waals surface area contributed by atoms with Crippen LogP contribution in [0.25, 0.3) is 0 Å². The van der Waals surface area contributed by atoms with Gasteiger partial charge in [-0.25, -0.2) is 13.6 Å². The number of amides is 1. The molecule has 1 aromatic rings. The van der Waals surface area contributed by atoms with Gasteiger partial charge in [-0.05, 0) is 26.0 Å². The number of carboxylic acids is 1. The van der Waals surface area contributed by atoms with Crippen LogP contribution in [0, 0.1) is 11.6 Å². The lowest BCUT2D eigenvalue weighted by atomic mass is 10.2. The van der Waals surface area contributed by atoms with Gasteiger partial charge >= 0.3 is 5.97 Å². The fourth-order valence-corrected chi connectivity index (χ4v) is 1.89. The van der Waals surface area contributed by atoms with E-state index in [1.54, 1.807) is 4.90 Å². The molecule has 0 fully saturated rings. The molecule has 0 aromatic heterocycles. The van der Waals surface area contributed by atoms with Crippen molar-refractivity contribution in [2.24, 2.45) is 0 Å². The molecule has 0 atom stereocenters. The predicted octanol–water partition coefficient (Wildman–Crippen LogP) is 2.33. The van der Waals surface area contributed by atoms with E-state index in [4.69, 9.17) is 5.11 Å². The largest absolute Gasteiger partial charge is 0.478 e. The maximum atomic E-state index is 13.6. The summed E-state index contributed by atoms with van der Waals surface area (Å²) in [4.78, 5) is 24.0. The van der Waals surface area contributed by atoms with Gasteiger partial charge in [-0.3, -0.25) is 4.79 Å². The molecule has 2 N–H and O–H groups in total. The molecule has 0 spiro atoms. The summed E-state index contributed by atoms with van der Waals surface area (Å²) >= 11 is 0. The van der Waals surface area contributed by atoms with Gasteiger partial charge in [-0.1, -0.05) is 0 Å². The molecule has 1 rings (SSSR count). The first kappa shape index (κ1) is 16.9. The van der Waals surface area contributed by atoms with Crippen LogP contribution in [0.3, 0.4) is 0 Å². The molecule has 1 aromatic carbocycles. The van der Waals surface area contributed by atoms with Crippen molar-refractivity contribution in [3.63, 3.8) is 0 Å². The molecule has 1 amide bonds. The summed E-state index contributed by atoms with van der Waals surface area (Å²) in [6.07, 6.45) is 0.142. The zero-order chi connectivity index (χ0) is 16.0. The lowest BCUT2D eigenvalue weighted by Gasteiger charge is -2.18. The van der Waals surface area contributed by atoms with Crippen LogP contribution in [-0.2, 0) is 4.79 Å². The number of nitrogens with one attached hydrogen (secondary N) is 1. The Kier molecular flexibility index (Phi) is 6.08. The number of hydrogen-bond acceptors (Lipinski definition) is 3. The van der Waals surface area contributed by atoms with E-state index in [1.807, 2.05) is 13.8 Å². The lowest BCUT2D eigenvalue weighted by molar-refractivity contribution is -0.130. The maximum absolute atomic E-state index is 13.6. The molecular formula is C14H18F2N2O3. The van der Waals surface area contributed by atoms with Crippen molar-refractivity contribution in [1.29, 1.82) is 0 Å². The number of carbonyl (C=O) groups excluding carboxylic acids is 1. The third-order valence-electron chi connectivity index (χ3n) is 3.08. The average molecular weight is 300 g/mol. The summed E-state index contributed by atoms with van der Waals surface area (Å²) in [5, 5.41) is 11.3. The zero-order valence-corrected chi connectivity index (χ0v) is 11.9. The quantitative estimate of drug-likeness (QED) is 0.811. The van der Waals surface area contributed by atoms with Crippen LogP contribution in [0.2, 0.25) is 0 Å². The monoisotopic (exact) mass is 300 g/mol. The molecule has 0 radical (unpaired) electrons. The average Bonchev–Trinajstić information content (AvgIpc) is 2.44. The number of carbonyl (C=O) groups is 2. The molecule has 0 saturated carbocycles. The molecule has 7 heteroatoms. The van der Waals surface area contributed by atoms with Gasteiger partial charge < -0.3 is 15.3 Å². The molecule has 0 unspecified atom stereocenters. The zero-order valence-electron chi connectivity index (χ0n) is 11.9. The van der Waals surface area contributed by atoms with E-state index in [-0.39, 0.29) is 24.6 Å². The topological polar surface area (TPSA) is 69.6 Å². The minimum Gasteiger partial charge on any atom is -0.478 e. The van der Waals surface area contributed by atoms with E-state index >= 15 is 0 Å². The molecule has 0 saturated heterocycles. The van der Waals surface area contributed by atoms with Crippen molar-refractivity contribution < 1.29 is 23.5 Å². The van der Waals surface area contributed by atoms with Crippen LogP contribution in [-0.4, -0.2) is 41.5 Å². The standard InChI is InChI=1S/C14H18F2N2O3/c1-3-18(4-2)11(19)7-8-17-10-6-5-9(14(20)21)12(15)13(10)16/h5-6,17H,3-4,7-8H2,1-2H3,(H,20,21). The Morgan fingerprint density at radius 3 is 2.33 bits per heavy atom. The highest BCUT2D eigenvalue weighted by Crippen LogP contribution is 2.20. The molecule has 0 aliphatic carbocycles. The summed E-state index contributed by atoms with van der Waals surface area (Å²) in [6.45, 7) is 5.03. The molecule has 21 heavy (non-hydrogen) atoms. The Balaban J connectivity index is 2.67. The highest BCUT2D eigenvalue weighted by atomic mass is 19.2. The smallest absolute Gasteiger partial charge is 0.338 e. The van der Waals surface area contributed by atoms with E-state index in [0.29, 0.717) is 13.1 Å². The van der Waals surface area contributed by atoms with Crippen molar-refractivity contribution in [3.8, 4) is 0 Å². The minimum absolute atomic E-state index is 0.0875. The molecule has 0 bridgehead atoms. The molecule has 0 aliphatic rings. The minimum atomic E-state index is -1.53. The van der Waals surface area contributed by atoms with Gasteiger partial charge in [0.05, 0.1) is 11.3 Å². The Hall–Kier alpha value is -2.18. The summed E-state index contributed by atoms with van der Waals surface area (Å²) in [5.74, 6) is -4.29. The van der Waals surface area contributed by atoms with Gasteiger partial charge in [0, 0.05) is 26.1 Å². The molecule has 5 nitrogen and oxygen atoms in total. The fraction of sp³-hybridized carbons (Fsp3) is 0.429. The first-order valence-corrected chi connectivity index (χ1v) is 6.65. The number of benzene rings is 1. The summed E-state index contributed by atoms with van der Waals surface area (Å²) in [5.41, 5.74) is -0.887. The van der Waals surface area contributed by atoms with Crippen LogP contribution in [0.5, 0.6) is 0 Å². The predicted molar refractivity (Wildman–Crippen MR) is 74.4 cm³/mol. The third kappa shape index (κ3) is 4.14. The summed E-state index contributed by atoms with van der Waals surface area (Å²) in [7, 11) is 0. The number of aromatic carboxylic acids is 1. The molecular weight excluding hydrogens is 282 g/mol. The van der Waals surface area contributed by atoms with Crippen LogP contribution in [0.4, 0.5) is 14.5 Å². The summed E-state index contributed by atoms with van der Waals surface area (Å²) in [6, 6.07) is 2.12. The van der Waals surface area contributed by atoms with E-state index < -0.39 is 23.2 Å². The lowest BCUT2D eigenvalue weighted by Crippen LogP contribution is -2.31. The third-order valence-corrected chi connectivity index (χ3v) is 3.08. The highest BCUT2D eigenvalue weighted by Gasteiger charge is 2.18. The van der Waals surface area contributed by atoms with Crippen LogP contribution >= 0.6 is 0 Å². The molecule has 0 heterocycles. The Labute approximate surface area is 121 Å². The fourth-order valence-electron chi connectivity index (χ4n) is 1.89. The first-order chi connectivity index (χ1) is 9.92. The van der Waals surface area contributed by atoms with Crippen molar-refractivity contribution in [1.82, 2.24) is 4.90 Å². The molecule has 116 valence electrons. The van der Waals surface area contributed by atoms with Crippen LogP contribution in [0.1, 0.15) is 30.6 Å². The highest BCUT2D eigenvalue weighted by molar-refractivity contribution is 5.88. The second kappa shape index (κ2) is 7.56. The normalized spacial score (nSPS) is 10.3. The van der Waals surface area contributed by atoms with Crippen molar-refractivity contribution >= 4 is 17.6 Å². The van der Waals surface area contributed by atoms with Crippen LogP contribution in [0.15, 0.2) is 12.1 Å². The van der Waals surface area contributed by atoms with Gasteiger partial charge in [0.25, 0.3) is 0 Å². The second-order valence-corrected chi connectivity index (χ2v) is 4.34. The van der Waals surface area contributed by atoms with Gasteiger partial charge in [0.1, 0.15) is 0 Å². The first-order valence-electron chi connectivity index (χ1n) is 6.65. The Morgan fingerprint density at radius 1 is 1.19 bits per heavy atom. The summed E-state index contributed by atoms with van der Waals surface area (Å²) < 4.78 is 27.1. The number of rotatable bonds is 7. The molecule has 0 aliphatic heterocycles. The number of nitrogens with zero attached hydrogens (tertiary/aromatic N) is 1. The SMILES string of the molecule is CCN(CC)C(=O)CCNc1ccc(C(=O)O)c(F)c1F. The van der Waals surface area contributed by atoms with Crippen molar-refractivity contribution in [2.75, 3.05) is 25.0 Å². The Bertz CT molecular complexity index is 531. The Morgan fingerprint density at radius 2 is 1.81 bits per heavy atom. The van der Waals surface area contributed by atoms with E-state index in [0.717, 1.165) is 12.1 Å². The van der Waals surface area contributed by atoms with E-state index in [1.165, 1.54) is 0 Å². The van der Waals surface area contributed by atoms with Crippen LogP contribution < -0.4 is 5.32 Å². The van der Waals surface area contributed by atoms with E-state index in [2.05, 4.69) is 5.32 Å².